The lowest BCUT2D eigenvalue weighted by molar-refractivity contribution is 0.0734. The number of nitrogens with zero attached hydrogens (tertiary/aromatic N) is 1. The third kappa shape index (κ3) is 4.61. The predicted octanol–water partition coefficient (Wildman–Crippen LogP) is 7.26. The third-order valence-electron chi connectivity index (χ3n) is 6.12. The Morgan fingerprint density at radius 2 is 1.73 bits per heavy atom. The van der Waals surface area contributed by atoms with E-state index in [4.69, 9.17) is 14.5 Å². The van der Waals surface area contributed by atoms with Gasteiger partial charge in [-0.3, -0.25) is 0 Å². The normalized spacial score (nSPS) is 11.9. The van der Waals surface area contributed by atoms with Gasteiger partial charge in [-0.2, -0.15) is 0 Å². The molecule has 0 amide bonds. The standard InChI is InChI=1S/C29H29NO3/c1-6-19(3)23-9-7-8-10-27(23)33-29(31)25-17-26(21-11-13-22(32-5)14-12-21)30-28-20(4)15-18(2)16-24(25)28/h7-17,19H,6H2,1-5H3. The summed E-state index contributed by atoms with van der Waals surface area (Å²) in [4.78, 5) is 18.4. The van der Waals surface area contributed by atoms with Crippen molar-refractivity contribution in [1.82, 2.24) is 4.98 Å². The number of carbonyl (C=O) groups excluding carboxylic acids is 1. The van der Waals surface area contributed by atoms with Crippen LogP contribution >= 0.6 is 0 Å². The first kappa shape index (κ1) is 22.5. The molecule has 1 heterocycles. The van der Waals surface area contributed by atoms with Crippen molar-refractivity contribution in [3.8, 4) is 22.8 Å². The number of methoxy groups -OCH3 is 1. The summed E-state index contributed by atoms with van der Waals surface area (Å²) in [6.07, 6.45) is 0.965. The van der Waals surface area contributed by atoms with Gasteiger partial charge >= 0.3 is 5.97 Å². The molecule has 1 aromatic heterocycles. The highest BCUT2D eigenvalue weighted by atomic mass is 16.5. The fraction of sp³-hybridized carbons (Fsp3) is 0.241. The molecule has 1 unspecified atom stereocenters. The number of fused-ring (bicyclic) bond motifs is 1. The number of pyridine rings is 1. The second kappa shape index (κ2) is 9.45. The summed E-state index contributed by atoms with van der Waals surface area (Å²) in [5.74, 6) is 1.30. The van der Waals surface area contributed by atoms with E-state index >= 15 is 0 Å². The third-order valence-corrected chi connectivity index (χ3v) is 6.12. The molecule has 4 heteroatoms. The first-order valence-electron chi connectivity index (χ1n) is 11.3. The summed E-state index contributed by atoms with van der Waals surface area (Å²) in [7, 11) is 1.64. The van der Waals surface area contributed by atoms with E-state index in [-0.39, 0.29) is 5.97 Å². The van der Waals surface area contributed by atoms with Crippen molar-refractivity contribution in [2.75, 3.05) is 7.11 Å². The minimum absolute atomic E-state index is 0.294. The van der Waals surface area contributed by atoms with Crippen molar-refractivity contribution < 1.29 is 14.3 Å². The van der Waals surface area contributed by atoms with Crippen molar-refractivity contribution in [1.29, 1.82) is 0 Å². The van der Waals surface area contributed by atoms with Crippen LogP contribution in [0.3, 0.4) is 0 Å². The molecule has 0 aliphatic carbocycles. The summed E-state index contributed by atoms with van der Waals surface area (Å²) in [5, 5.41) is 0.802. The second-order valence-electron chi connectivity index (χ2n) is 8.50. The molecule has 0 spiro atoms. The fourth-order valence-corrected chi connectivity index (χ4v) is 4.11. The van der Waals surface area contributed by atoms with Gasteiger partial charge in [0.05, 0.1) is 23.9 Å². The van der Waals surface area contributed by atoms with Crippen LogP contribution in [0.1, 0.15) is 53.2 Å². The largest absolute Gasteiger partial charge is 0.497 e. The molecule has 0 aliphatic rings. The van der Waals surface area contributed by atoms with Crippen LogP contribution < -0.4 is 9.47 Å². The molecular weight excluding hydrogens is 410 g/mol. The minimum Gasteiger partial charge on any atom is -0.497 e. The first-order chi connectivity index (χ1) is 15.9. The quantitative estimate of drug-likeness (QED) is 0.234. The molecule has 0 bridgehead atoms. The van der Waals surface area contributed by atoms with E-state index in [2.05, 4.69) is 19.9 Å². The molecule has 0 radical (unpaired) electrons. The highest BCUT2D eigenvalue weighted by Gasteiger charge is 2.20. The number of esters is 1. The monoisotopic (exact) mass is 439 g/mol. The topological polar surface area (TPSA) is 48.4 Å². The number of carbonyl (C=O) groups is 1. The number of para-hydroxylation sites is 1. The van der Waals surface area contributed by atoms with Crippen LogP contribution in [0.5, 0.6) is 11.5 Å². The molecule has 4 rings (SSSR count). The average molecular weight is 440 g/mol. The van der Waals surface area contributed by atoms with Crippen LogP contribution in [0.4, 0.5) is 0 Å². The highest BCUT2D eigenvalue weighted by molar-refractivity contribution is 6.06. The average Bonchev–Trinajstić information content (AvgIpc) is 2.83. The Bertz CT molecular complexity index is 1310. The lowest BCUT2D eigenvalue weighted by atomic mass is 9.97. The van der Waals surface area contributed by atoms with Gasteiger partial charge in [0.2, 0.25) is 0 Å². The van der Waals surface area contributed by atoms with Gasteiger partial charge < -0.3 is 9.47 Å². The zero-order valence-electron chi connectivity index (χ0n) is 19.8. The lowest BCUT2D eigenvalue weighted by Gasteiger charge is -2.16. The number of benzene rings is 3. The Morgan fingerprint density at radius 1 is 1.00 bits per heavy atom. The van der Waals surface area contributed by atoms with Gasteiger partial charge in [-0.15, -0.1) is 0 Å². The number of rotatable bonds is 6. The second-order valence-corrected chi connectivity index (χ2v) is 8.50. The number of aryl methyl sites for hydroxylation is 2. The molecule has 33 heavy (non-hydrogen) atoms. The fourth-order valence-electron chi connectivity index (χ4n) is 4.11. The summed E-state index contributed by atoms with van der Waals surface area (Å²) < 4.78 is 11.3. The van der Waals surface area contributed by atoms with Crippen molar-refractivity contribution >= 4 is 16.9 Å². The SMILES string of the molecule is CCC(C)c1ccccc1OC(=O)c1cc(-c2ccc(OC)cc2)nc2c(C)cc(C)cc12. The van der Waals surface area contributed by atoms with Crippen LogP contribution in [0.15, 0.2) is 66.7 Å². The molecule has 4 aromatic rings. The van der Waals surface area contributed by atoms with E-state index in [1.165, 1.54) is 0 Å². The van der Waals surface area contributed by atoms with Crippen LogP contribution in [0.25, 0.3) is 22.2 Å². The Balaban J connectivity index is 1.84. The van der Waals surface area contributed by atoms with E-state index in [0.29, 0.717) is 17.2 Å². The van der Waals surface area contributed by atoms with Gasteiger partial charge in [0, 0.05) is 10.9 Å². The number of ether oxygens (including phenoxy) is 2. The van der Waals surface area contributed by atoms with Gasteiger partial charge in [-0.25, -0.2) is 9.78 Å². The van der Waals surface area contributed by atoms with Crippen LogP contribution in [0, 0.1) is 13.8 Å². The maximum absolute atomic E-state index is 13.5. The van der Waals surface area contributed by atoms with E-state index < -0.39 is 0 Å². The number of hydrogen-bond donors (Lipinski definition) is 0. The molecule has 0 aliphatic heterocycles. The predicted molar refractivity (Wildman–Crippen MR) is 133 cm³/mol. The van der Waals surface area contributed by atoms with Gasteiger partial charge in [0.25, 0.3) is 0 Å². The van der Waals surface area contributed by atoms with E-state index in [0.717, 1.165) is 51.0 Å². The highest BCUT2D eigenvalue weighted by Crippen LogP contribution is 2.32. The molecule has 168 valence electrons. The summed E-state index contributed by atoms with van der Waals surface area (Å²) in [5.41, 5.74) is 6.08. The summed E-state index contributed by atoms with van der Waals surface area (Å²) >= 11 is 0. The van der Waals surface area contributed by atoms with Crippen molar-refractivity contribution in [3.05, 3.63) is 89.0 Å². The Hall–Kier alpha value is -3.66. The molecule has 4 nitrogen and oxygen atoms in total. The minimum atomic E-state index is -0.377. The van der Waals surface area contributed by atoms with Crippen molar-refractivity contribution in [2.45, 2.75) is 40.0 Å². The van der Waals surface area contributed by atoms with Crippen LogP contribution in [0.2, 0.25) is 0 Å². The van der Waals surface area contributed by atoms with E-state index in [9.17, 15) is 4.79 Å². The maximum atomic E-state index is 13.5. The van der Waals surface area contributed by atoms with Gasteiger partial charge in [-0.05, 0) is 79.8 Å². The first-order valence-corrected chi connectivity index (χ1v) is 11.3. The Morgan fingerprint density at radius 3 is 2.42 bits per heavy atom. The summed E-state index contributed by atoms with van der Waals surface area (Å²) in [6, 6.07) is 21.4. The van der Waals surface area contributed by atoms with Gasteiger partial charge in [0.15, 0.2) is 0 Å². The van der Waals surface area contributed by atoms with Crippen LogP contribution in [-0.2, 0) is 0 Å². The smallest absolute Gasteiger partial charge is 0.344 e. The zero-order valence-corrected chi connectivity index (χ0v) is 19.8. The maximum Gasteiger partial charge on any atom is 0.344 e. The number of aromatic nitrogens is 1. The van der Waals surface area contributed by atoms with Gasteiger partial charge in [0.1, 0.15) is 11.5 Å². The number of hydrogen-bond acceptors (Lipinski definition) is 4. The zero-order chi connectivity index (χ0) is 23.5. The van der Waals surface area contributed by atoms with Crippen molar-refractivity contribution in [3.63, 3.8) is 0 Å². The molecular formula is C29H29NO3. The van der Waals surface area contributed by atoms with Crippen LogP contribution in [-0.4, -0.2) is 18.1 Å². The van der Waals surface area contributed by atoms with Crippen molar-refractivity contribution in [2.24, 2.45) is 0 Å². The van der Waals surface area contributed by atoms with E-state index in [1.54, 1.807) is 7.11 Å². The molecule has 3 aromatic carbocycles. The molecule has 0 fully saturated rings. The molecule has 0 N–H and O–H groups in total. The molecule has 0 saturated carbocycles. The van der Waals surface area contributed by atoms with Gasteiger partial charge in [-0.1, -0.05) is 43.7 Å². The van der Waals surface area contributed by atoms with E-state index in [1.807, 2.05) is 74.5 Å². The Labute approximate surface area is 195 Å². The lowest BCUT2D eigenvalue weighted by Crippen LogP contribution is -2.12. The molecule has 0 saturated heterocycles. The summed E-state index contributed by atoms with van der Waals surface area (Å²) in [6.45, 7) is 8.32. The molecule has 1 atom stereocenters. The Kier molecular flexibility index (Phi) is 6.45.